The van der Waals surface area contributed by atoms with E-state index in [2.05, 4.69) is 30.9 Å². The van der Waals surface area contributed by atoms with Crippen molar-refractivity contribution in [3.05, 3.63) is 66.1 Å². The molecule has 4 aromatic rings. The van der Waals surface area contributed by atoms with Crippen LogP contribution in [0.4, 0.5) is 20.8 Å². The van der Waals surface area contributed by atoms with Gasteiger partial charge < -0.3 is 15.4 Å². The highest BCUT2D eigenvalue weighted by Gasteiger charge is 2.15. The van der Waals surface area contributed by atoms with E-state index in [4.69, 9.17) is 4.74 Å². The quantitative estimate of drug-likeness (QED) is 0.486. The Morgan fingerprint density at radius 2 is 1.94 bits per heavy atom. The van der Waals surface area contributed by atoms with Crippen LogP contribution in [0.1, 0.15) is 26.3 Å². The number of carbonyl (C=O) groups excluding carboxylic acids is 1. The Labute approximate surface area is 183 Å². The second kappa shape index (κ2) is 8.58. The first-order chi connectivity index (χ1) is 15.3. The average molecular weight is 435 g/mol. The zero-order chi connectivity index (χ0) is 22.7. The summed E-state index contributed by atoms with van der Waals surface area (Å²) in [6, 6.07) is 13.5. The zero-order valence-electron chi connectivity index (χ0n) is 17.8. The van der Waals surface area contributed by atoms with Gasteiger partial charge >= 0.3 is 6.09 Å². The van der Waals surface area contributed by atoms with Crippen molar-refractivity contribution in [3.63, 3.8) is 0 Å². The van der Waals surface area contributed by atoms with Gasteiger partial charge in [0.2, 0.25) is 5.95 Å². The van der Waals surface area contributed by atoms with Gasteiger partial charge in [-0.1, -0.05) is 23.4 Å². The topological polar surface area (TPSA) is 107 Å². The molecule has 9 nitrogen and oxygen atoms in total. The Balaban J connectivity index is 1.45. The first-order valence-corrected chi connectivity index (χ1v) is 9.94. The fraction of sp³-hybridized carbons (Fsp3) is 0.227. The van der Waals surface area contributed by atoms with Crippen molar-refractivity contribution in [2.75, 3.05) is 5.32 Å². The number of benzene rings is 2. The third kappa shape index (κ3) is 5.15. The SMILES string of the molecule is CC(C)(C)OC(=O)NCc1ccc(Nc2ncc3nnn(-c4cccc(F)c4)c3n2)cc1. The fourth-order valence-corrected chi connectivity index (χ4v) is 2.89. The fourth-order valence-electron chi connectivity index (χ4n) is 2.89. The average Bonchev–Trinajstić information content (AvgIpc) is 3.15. The normalized spacial score (nSPS) is 11.4. The molecule has 32 heavy (non-hydrogen) atoms. The molecular weight excluding hydrogens is 413 g/mol. The van der Waals surface area contributed by atoms with Gasteiger partial charge in [0.05, 0.1) is 11.9 Å². The molecule has 0 aliphatic heterocycles. The molecule has 164 valence electrons. The van der Waals surface area contributed by atoms with E-state index in [0.29, 0.717) is 29.3 Å². The van der Waals surface area contributed by atoms with Gasteiger partial charge in [-0.15, -0.1) is 5.10 Å². The molecule has 2 aromatic heterocycles. The Kier molecular flexibility index (Phi) is 5.67. The Morgan fingerprint density at radius 3 is 2.66 bits per heavy atom. The standard InChI is InChI=1S/C22H22FN7O2/c1-22(2,3)32-21(31)25-12-14-7-9-16(10-8-14)26-20-24-13-18-19(27-20)30(29-28-18)17-6-4-5-15(23)11-17/h4-11,13H,12H2,1-3H3,(H,25,31)(H,24,26,27). The summed E-state index contributed by atoms with van der Waals surface area (Å²) in [7, 11) is 0. The van der Waals surface area contributed by atoms with Crippen LogP contribution in [0.2, 0.25) is 0 Å². The van der Waals surface area contributed by atoms with E-state index in [1.54, 1.807) is 18.3 Å². The molecule has 0 saturated heterocycles. The molecule has 2 heterocycles. The summed E-state index contributed by atoms with van der Waals surface area (Å²) in [4.78, 5) is 20.5. The molecule has 4 rings (SSSR count). The first kappa shape index (κ1) is 21.2. The number of halogens is 1. The number of nitrogens with one attached hydrogen (secondary N) is 2. The minimum absolute atomic E-state index is 0.343. The van der Waals surface area contributed by atoms with Crippen LogP contribution >= 0.6 is 0 Å². The summed E-state index contributed by atoms with van der Waals surface area (Å²) >= 11 is 0. The first-order valence-electron chi connectivity index (χ1n) is 9.94. The lowest BCUT2D eigenvalue weighted by Crippen LogP contribution is -2.32. The van der Waals surface area contributed by atoms with Gasteiger partial charge in [0.25, 0.3) is 0 Å². The van der Waals surface area contributed by atoms with Crippen LogP contribution in [-0.4, -0.2) is 36.7 Å². The molecule has 0 unspecified atom stereocenters. The van der Waals surface area contributed by atoms with Gasteiger partial charge in [0.15, 0.2) is 11.2 Å². The number of hydrogen-bond donors (Lipinski definition) is 2. The van der Waals surface area contributed by atoms with E-state index in [-0.39, 0.29) is 5.82 Å². The van der Waals surface area contributed by atoms with E-state index < -0.39 is 11.7 Å². The molecule has 0 spiro atoms. The lowest BCUT2D eigenvalue weighted by Gasteiger charge is -2.19. The Morgan fingerprint density at radius 1 is 1.16 bits per heavy atom. The molecule has 2 N–H and O–H groups in total. The highest BCUT2D eigenvalue weighted by molar-refractivity contribution is 5.73. The Bertz CT molecular complexity index is 1250. The number of anilines is 2. The summed E-state index contributed by atoms with van der Waals surface area (Å²) in [6.45, 7) is 5.78. The number of ether oxygens (including phenoxy) is 1. The summed E-state index contributed by atoms with van der Waals surface area (Å²) in [6.07, 6.45) is 1.08. The van der Waals surface area contributed by atoms with E-state index >= 15 is 0 Å². The lowest BCUT2D eigenvalue weighted by molar-refractivity contribution is 0.0523. The highest BCUT2D eigenvalue weighted by atomic mass is 19.1. The molecule has 10 heteroatoms. The number of rotatable bonds is 5. The van der Waals surface area contributed by atoms with E-state index in [0.717, 1.165) is 11.3 Å². The third-order valence-corrected chi connectivity index (χ3v) is 4.29. The van der Waals surface area contributed by atoms with Crippen molar-refractivity contribution >= 4 is 28.9 Å². The van der Waals surface area contributed by atoms with Crippen molar-refractivity contribution in [1.82, 2.24) is 30.3 Å². The third-order valence-electron chi connectivity index (χ3n) is 4.29. The molecule has 0 saturated carbocycles. The van der Waals surface area contributed by atoms with Crippen LogP contribution in [0, 0.1) is 5.82 Å². The van der Waals surface area contributed by atoms with Gasteiger partial charge in [-0.25, -0.2) is 14.2 Å². The number of carbonyl (C=O) groups is 1. The van der Waals surface area contributed by atoms with E-state index in [1.807, 2.05) is 45.0 Å². The van der Waals surface area contributed by atoms with Gasteiger partial charge in [-0.05, 0) is 56.7 Å². The highest BCUT2D eigenvalue weighted by Crippen LogP contribution is 2.19. The molecule has 1 amide bonds. The van der Waals surface area contributed by atoms with Crippen molar-refractivity contribution in [1.29, 1.82) is 0 Å². The number of amides is 1. The number of fused-ring (bicyclic) bond motifs is 1. The molecule has 0 atom stereocenters. The smallest absolute Gasteiger partial charge is 0.407 e. The van der Waals surface area contributed by atoms with Crippen LogP contribution < -0.4 is 10.6 Å². The van der Waals surface area contributed by atoms with Crippen molar-refractivity contribution in [2.24, 2.45) is 0 Å². The van der Waals surface area contributed by atoms with Crippen molar-refractivity contribution in [2.45, 2.75) is 32.9 Å². The van der Waals surface area contributed by atoms with Gasteiger partial charge in [0.1, 0.15) is 11.4 Å². The second-order valence-electron chi connectivity index (χ2n) is 8.06. The molecule has 0 radical (unpaired) electrons. The van der Waals surface area contributed by atoms with Crippen LogP contribution in [0.15, 0.2) is 54.7 Å². The van der Waals surface area contributed by atoms with Crippen LogP contribution in [0.25, 0.3) is 16.9 Å². The molecule has 0 bridgehead atoms. The van der Waals surface area contributed by atoms with Gasteiger partial charge in [-0.3, -0.25) is 0 Å². The number of alkyl carbamates (subject to hydrolysis) is 1. The molecule has 0 aliphatic rings. The predicted octanol–water partition coefficient (Wildman–Crippen LogP) is 4.12. The summed E-state index contributed by atoms with van der Waals surface area (Å²) in [5, 5.41) is 13.9. The summed E-state index contributed by atoms with van der Waals surface area (Å²) < 4.78 is 20.3. The maximum atomic E-state index is 13.6. The van der Waals surface area contributed by atoms with Gasteiger partial charge in [0, 0.05) is 12.2 Å². The van der Waals surface area contributed by atoms with Crippen molar-refractivity contribution < 1.29 is 13.9 Å². The maximum absolute atomic E-state index is 13.6. The van der Waals surface area contributed by atoms with Crippen LogP contribution in [-0.2, 0) is 11.3 Å². The van der Waals surface area contributed by atoms with E-state index in [9.17, 15) is 9.18 Å². The number of nitrogens with zero attached hydrogens (tertiary/aromatic N) is 5. The minimum atomic E-state index is -0.543. The molecular formula is C22H22FN7O2. The largest absolute Gasteiger partial charge is 0.444 e. The summed E-state index contributed by atoms with van der Waals surface area (Å²) in [5.74, 6) is -0.0307. The number of hydrogen-bond acceptors (Lipinski definition) is 7. The molecule has 0 fully saturated rings. The second-order valence-corrected chi connectivity index (χ2v) is 8.06. The molecule has 2 aromatic carbocycles. The monoisotopic (exact) mass is 435 g/mol. The zero-order valence-corrected chi connectivity index (χ0v) is 17.8. The maximum Gasteiger partial charge on any atom is 0.407 e. The lowest BCUT2D eigenvalue weighted by atomic mass is 10.2. The van der Waals surface area contributed by atoms with E-state index in [1.165, 1.54) is 16.8 Å². The van der Waals surface area contributed by atoms with Crippen molar-refractivity contribution in [3.8, 4) is 5.69 Å². The Hall–Kier alpha value is -4.08. The van der Waals surface area contributed by atoms with Gasteiger partial charge in [-0.2, -0.15) is 9.67 Å². The van der Waals surface area contributed by atoms with Crippen LogP contribution in [0.3, 0.4) is 0 Å². The predicted molar refractivity (Wildman–Crippen MR) is 117 cm³/mol. The van der Waals surface area contributed by atoms with Crippen LogP contribution in [0.5, 0.6) is 0 Å². The minimum Gasteiger partial charge on any atom is -0.444 e. The number of aromatic nitrogens is 5. The summed E-state index contributed by atoms with van der Waals surface area (Å²) in [5.41, 5.74) is 2.58. The molecule has 0 aliphatic carbocycles.